The predicted molar refractivity (Wildman–Crippen MR) is 72.9 cm³/mol. The Hall–Kier alpha value is -1.08. The number of rotatable bonds is 5. The standard InChI is InChI=1S/C11H14BrNO4S/c1-8-3-4-10(9(12)7-8)13-18(15,16)6-5-11(14)17-2/h3-4,7,13H,5-6H2,1-2H3. The third-order valence-electron chi connectivity index (χ3n) is 2.19. The van der Waals surface area contributed by atoms with Crippen LogP contribution in [0.3, 0.4) is 0 Å². The van der Waals surface area contributed by atoms with Crippen molar-refractivity contribution in [2.75, 3.05) is 17.6 Å². The molecule has 7 heteroatoms. The summed E-state index contributed by atoms with van der Waals surface area (Å²) < 4.78 is 30.9. The third kappa shape index (κ3) is 4.66. The zero-order valence-corrected chi connectivity index (χ0v) is 12.5. The van der Waals surface area contributed by atoms with Gasteiger partial charge in [0.05, 0.1) is 25.0 Å². The molecule has 0 radical (unpaired) electrons. The van der Waals surface area contributed by atoms with Gasteiger partial charge >= 0.3 is 5.97 Å². The van der Waals surface area contributed by atoms with E-state index in [4.69, 9.17) is 0 Å². The maximum absolute atomic E-state index is 11.7. The average Bonchev–Trinajstić information content (AvgIpc) is 2.30. The summed E-state index contributed by atoms with van der Waals surface area (Å²) in [5.74, 6) is -0.858. The van der Waals surface area contributed by atoms with E-state index < -0.39 is 16.0 Å². The summed E-state index contributed by atoms with van der Waals surface area (Å²) in [5.41, 5.74) is 1.46. The van der Waals surface area contributed by atoms with Crippen molar-refractivity contribution in [3.05, 3.63) is 28.2 Å². The first-order chi connectivity index (χ1) is 8.34. The largest absolute Gasteiger partial charge is 0.469 e. The van der Waals surface area contributed by atoms with E-state index in [1.807, 2.05) is 6.92 Å². The van der Waals surface area contributed by atoms with Crippen LogP contribution in [0.15, 0.2) is 22.7 Å². The maximum atomic E-state index is 11.7. The Morgan fingerprint density at radius 3 is 2.67 bits per heavy atom. The lowest BCUT2D eigenvalue weighted by atomic mass is 10.2. The first kappa shape index (κ1) is 15.0. The summed E-state index contributed by atoms with van der Waals surface area (Å²) in [6.45, 7) is 1.90. The molecule has 1 N–H and O–H groups in total. The highest BCUT2D eigenvalue weighted by atomic mass is 79.9. The van der Waals surface area contributed by atoms with Gasteiger partial charge in [-0.05, 0) is 40.5 Å². The van der Waals surface area contributed by atoms with Gasteiger partial charge in [0.1, 0.15) is 0 Å². The van der Waals surface area contributed by atoms with Gasteiger partial charge in [-0.2, -0.15) is 0 Å². The van der Waals surface area contributed by atoms with Crippen LogP contribution >= 0.6 is 15.9 Å². The normalized spacial score (nSPS) is 11.1. The Labute approximate surface area is 115 Å². The van der Waals surface area contributed by atoms with E-state index in [1.54, 1.807) is 18.2 Å². The van der Waals surface area contributed by atoms with E-state index in [0.29, 0.717) is 10.2 Å². The Balaban J connectivity index is 2.73. The summed E-state index contributed by atoms with van der Waals surface area (Å²) in [6, 6.07) is 5.26. The highest BCUT2D eigenvalue weighted by Crippen LogP contribution is 2.24. The number of methoxy groups -OCH3 is 1. The molecular formula is C11H14BrNO4S. The van der Waals surface area contributed by atoms with Gasteiger partial charge in [-0.1, -0.05) is 6.07 Å². The molecule has 0 unspecified atom stereocenters. The van der Waals surface area contributed by atoms with E-state index in [0.717, 1.165) is 5.56 Å². The number of carbonyl (C=O) groups excluding carboxylic acids is 1. The molecule has 0 aliphatic carbocycles. The van der Waals surface area contributed by atoms with Crippen molar-refractivity contribution >= 4 is 37.6 Å². The number of aryl methyl sites for hydroxylation is 1. The Morgan fingerprint density at radius 2 is 2.11 bits per heavy atom. The molecule has 0 amide bonds. The lowest BCUT2D eigenvalue weighted by Crippen LogP contribution is -2.19. The summed E-state index contributed by atoms with van der Waals surface area (Å²) in [7, 11) is -2.33. The predicted octanol–water partition coefficient (Wildman–Crippen LogP) is 2.06. The molecule has 1 rings (SSSR count). The number of esters is 1. The van der Waals surface area contributed by atoms with Crippen LogP contribution in [0.1, 0.15) is 12.0 Å². The van der Waals surface area contributed by atoms with Gasteiger partial charge in [-0.15, -0.1) is 0 Å². The second-order valence-electron chi connectivity index (χ2n) is 3.73. The summed E-state index contributed by atoms with van der Waals surface area (Å²) in [4.78, 5) is 10.9. The molecule has 100 valence electrons. The highest BCUT2D eigenvalue weighted by molar-refractivity contribution is 9.10. The van der Waals surface area contributed by atoms with Crippen molar-refractivity contribution in [3.63, 3.8) is 0 Å². The molecule has 1 aromatic rings. The van der Waals surface area contributed by atoms with Crippen LogP contribution in [0.4, 0.5) is 5.69 Å². The minimum Gasteiger partial charge on any atom is -0.469 e. The summed E-state index contributed by atoms with van der Waals surface area (Å²) in [6.07, 6.45) is -0.171. The zero-order chi connectivity index (χ0) is 13.8. The Morgan fingerprint density at radius 1 is 1.44 bits per heavy atom. The lowest BCUT2D eigenvalue weighted by Gasteiger charge is -2.09. The maximum Gasteiger partial charge on any atom is 0.306 e. The van der Waals surface area contributed by atoms with Gasteiger partial charge in [-0.3, -0.25) is 9.52 Å². The second kappa shape index (κ2) is 6.19. The fraction of sp³-hybridized carbons (Fsp3) is 0.364. The number of carbonyl (C=O) groups is 1. The van der Waals surface area contributed by atoms with E-state index in [2.05, 4.69) is 25.4 Å². The monoisotopic (exact) mass is 335 g/mol. The minimum absolute atomic E-state index is 0.171. The Bertz CT molecular complexity index is 542. The fourth-order valence-electron chi connectivity index (χ4n) is 1.24. The van der Waals surface area contributed by atoms with Crippen LogP contribution in [0.25, 0.3) is 0 Å². The van der Waals surface area contributed by atoms with Crippen LogP contribution in [0, 0.1) is 6.92 Å². The van der Waals surface area contributed by atoms with Gasteiger partial charge in [0.25, 0.3) is 0 Å². The molecule has 0 bridgehead atoms. The first-order valence-corrected chi connectivity index (χ1v) is 7.62. The average molecular weight is 336 g/mol. The van der Waals surface area contributed by atoms with Crippen LogP contribution in [-0.2, 0) is 19.6 Å². The molecule has 1 aromatic carbocycles. The molecule has 0 aliphatic rings. The zero-order valence-electron chi connectivity index (χ0n) is 10.1. The van der Waals surface area contributed by atoms with E-state index >= 15 is 0 Å². The van der Waals surface area contributed by atoms with E-state index in [-0.39, 0.29) is 12.2 Å². The number of sulfonamides is 1. The van der Waals surface area contributed by atoms with Crippen molar-refractivity contribution < 1.29 is 17.9 Å². The van der Waals surface area contributed by atoms with Crippen molar-refractivity contribution in [1.82, 2.24) is 0 Å². The fourth-order valence-corrected chi connectivity index (χ4v) is 3.02. The third-order valence-corrected chi connectivity index (χ3v) is 4.12. The molecule has 0 aromatic heterocycles. The molecule has 0 saturated heterocycles. The molecule has 0 saturated carbocycles. The SMILES string of the molecule is COC(=O)CCS(=O)(=O)Nc1ccc(C)cc1Br. The summed E-state index contributed by atoms with van der Waals surface area (Å²) in [5, 5.41) is 0. The number of ether oxygens (including phenoxy) is 1. The number of hydrogen-bond donors (Lipinski definition) is 1. The van der Waals surface area contributed by atoms with Crippen LogP contribution in [0.5, 0.6) is 0 Å². The smallest absolute Gasteiger partial charge is 0.306 e. The highest BCUT2D eigenvalue weighted by Gasteiger charge is 2.14. The van der Waals surface area contributed by atoms with Gasteiger partial charge in [0.15, 0.2) is 0 Å². The molecule has 0 fully saturated rings. The number of halogens is 1. The van der Waals surface area contributed by atoms with Gasteiger partial charge in [0.2, 0.25) is 10.0 Å². The van der Waals surface area contributed by atoms with Gasteiger partial charge in [-0.25, -0.2) is 8.42 Å². The Kier molecular flexibility index (Phi) is 5.15. The lowest BCUT2D eigenvalue weighted by molar-refractivity contribution is -0.140. The molecule has 0 heterocycles. The minimum atomic E-state index is -3.56. The number of nitrogens with one attached hydrogen (secondary N) is 1. The van der Waals surface area contributed by atoms with Gasteiger partial charge in [0, 0.05) is 4.47 Å². The molecule has 0 atom stereocenters. The number of hydrogen-bond acceptors (Lipinski definition) is 4. The van der Waals surface area contributed by atoms with Crippen molar-refractivity contribution in [2.45, 2.75) is 13.3 Å². The van der Waals surface area contributed by atoms with Crippen LogP contribution in [0.2, 0.25) is 0 Å². The molecule has 0 spiro atoms. The van der Waals surface area contributed by atoms with Gasteiger partial charge < -0.3 is 4.74 Å². The molecule has 5 nitrogen and oxygen atoms in total. The van der Waals surface area contributed by atoms with Crippen molar-refractivity contribution in [3.8, 4) is 0 Å². The van der Waals surface area contributed by atoms with Crippen molar-refractivity contribution in [1.29, 1.82) is 0 Å². The topological polar surface area (TPSA) is 72.5 Å². The summed E-state index contributed by atoms with van der Waals surface area (Å²) >= 11 is 3.27. The number of anilines is 1. The second-order valence-corrected chi connectivity index (χ2v) is 6.43. The quantitative estimate of drug-likeness (QED) is 0.836. The van der Waals surface area contributed by atoms with Crippen LogP contribution < -0.4 is 4.72 Å². The molecule has 18 heavy (non-hydrogen) atoms. The number of benzene rings is 1. The van der Waals surface area contributed by atoms with E-state index in [9.17, 15) is 13.2 Å². The molecule has 0 aliphatic heterocycles. The molecular weight excluding hydrogens is 322 g/mol. The van der Waals surface area contributed by atoms with Crippen LogP contribution in [-0.4, -0.2) is 27.2 Å². The van der Waals surface area contributed by atoms with Crippen molar-refractivity contribution in [2.24, 2.45) is 0 Å². The van der Waals surface area contributed by atoms with E-state index in [1.165, 1.54) is 7.11 Å². The first-order valence-electron chi connectivity index (χ1n) is 5.17.